The number of rotatable bonds is 0. The van der Waals surface area contributed by atoms with Gasteiger partial charge in [-0.05, 0) is 6.07 Å². The third-order valence-corrected chi connectivity index (χ3v) is 2.13. The summed E-state index contributed by atoms with van der Waals surface area (Å²) in [6.07, 6.45) is -4.68. The van der Waals surface area contributed by atoms with Crippen molar-refractivity contribution in [2.45, 2.75) is 6.18 Å². The average Bonchev–Trinajstić information content (AvgIpc) is 2.17. The number of para-hydroxylation sites is 1. The van der Waals surface area contributed by atoms with Gasteiger partial charge in [-0.1, -0.05) is 18.2 Å². The molecule has 0 unspecified atom stereocenters. The van der Waals surface area contributed by atoms with E-state index in [-0.39, 0.29) is 11.0 Å². The van der Waals surface area contributed by atoms with Crippen molar-refractivity contribution >= 4 is 16.7 Å². The Labute approximate surface area is 87.3 Å². The van der Waals surface area contributed by atoms with E-state index < -0.39 is 23.1 Å². The highest BCUT2D eigenvalue weighted by atomic mass is 19.4. The summed E-state index contributed by atoms with van der Waals surface area (Å²) < 4.78 is 42.7. The zero-order chi connectivity index (χ0) is 11.9. The molecular formula is C10H6F3NO2. The van der Waals surface area contributed by atoms with E-state index in [1.165, 1.54) is 24.3 Å². The van der Waals surface area contributed by atoms with E-state index in [2.05, 4.69) is 4.42 Å². The average molecular weight is 229 g/mol. The van der Waals surface area contributed by atoms with E-state index in [0.29, 0.717) is 0 Å². The molecule has 2 N–H and O–H groups in total. The van der Waals surface area contributed by atoms with E-state index in [1.807, 2.05) is 0 Å². The van der Waals surface area contributed by atoms with Crippen LogP contribution in [0.3, 0.4) is 0 Å². The Bertz CT molecular complexity index is 601. The van der Waals surface area contributed by atoms with Gasteiger partial charge in [0.25, 0.3) is 0 Å². The van der Waals surface area contributed by atoms with Crippen LogP contribution in [-0.4, -0.2) is 0 Å². The van der Waals surface area contributed by atoms with Gasteiger partial charge in [-0.15, -0.1) is 0 Å². The molecule has 1 aromatic carbocycles. The number of fused-ring (bicyclic) bond motifs is 1. The lowest BCUT2D eigenvalue weighted by Gasteiger charge is -2.11. The molecule has 0 aliphatic rings. The van der Waals surface area contributed by atoms with Crippen molar-refractivity contribution in [1.29, 1.82) is 0 Å². The number of alkyl halides is 3. The van der Waals surface area contributed by atoms with Crippen LogP contribution < -0.4 is 11.4 Å². The highest BCUT2D eigenvalue weighted by molar-refractivity contribution is 5.84. The standard InChI is InChI=1S/C10H6F3NO2/c11-10(12,13)7-5-3-1-2-4-6(5)16-9(15)8(7)14/h1-4H,14H2. The molecule has 3 nitrogen and oxygen atoms in total. The van der Waals surface area contributed by atoms with Gasteiger partial charge in [0.05, 0.1) is 5.56 Å². The van der Waals surface area contributed by atoms with Gasteiger partial charge in [0.2, 0.25) is 0 Å². The van der Waals surface area contributed by atoms with Gasteiger partial charge in [-0.25, -0.2) is 4.79 Å². The molecule has 6 heteroatoms. The maximum absolute atomic E-state index is 12.7. The van der Waals surface area contributed by atoms with Gasteiger partial charge in [-0.3, -0.25) is 0 Å². The van der Waals surface area contributed by atoms with Crippen LogP contribution in [0.2, 0.25) is 0 Å². The molecule has 1 heterocycles. The molecule has 0 spiro atoms. The van der Waals surface area contributed by atoms with E-state index in [9.17, 15) is 18.0 Å². The molecule has 0 radical (unpaired) electrons. The van der Waals surface area contributed by atoms with Gasteiger partial charge in [0.15, 0.2) is 0 Å². The number of benzene rings is 1. The zero-order valence-electron chi connectivity index (χ0n) is 7.84. The van der Waals surface area contributed by atoms with Crippen LogP contribution in [0.1, 0.15) is 5.56 Å². The topological polar surface area (TPSA) is 56.2 Å². The lowest BCUT2D eigenvalue weighted by molar-refractivity contribution is -0.135. The second-order valence-corrected chi connectivity index (χ2v) is 3.17. The first-order valence-electron chi connectivity index (χ1n) is 4.30. The molecule has 0 atom stereocenters. The Balaban J connectivity index is 2.99. The Morgan fingerprint density at radius 1 is 1.19 bits per heavy atom. The normalized spacial score (nSPS) is 11.9. The van der Waals surface area contributed by atoms with Crippen molar-refractivity contribution in [2.75, 3.05) is 5.73 Å². The summed E-state index contributed by atoms with van der Waals surface area (Å²) in [6.45, 7) is 0. The van der Waals surface area contributed by atoms with Crippen molar-refractivity contribution in [3.8, 4) is 0 Å². The molecule has 0 aliphatic carbocycles. The lowest BCUT2D eigenvalue weighted by Crippen LogP contribution is -2.17. The number of anilines is 1. The smallest absolute Gasteiger partial charge is 0.419 e. The fraction of sp³-hybridized carbons (Fsp3) is 0.100. The number of halogens is 3. The molecule has 0 bridgehead atoms. The largest absolute Gasteiger partial charge is 0.421 e. The molecule has 2 aromatic rings. The molecule has 84 valence electrons. The van der Waals surface area contributed by atoms with Crippen LogP contribution >= 0.6 is 0 Å². The first-order chi connectivity index (χ1) is 7.41. The summed E-state index contributed by atoms with van der Waals surface area (Å²) in [5, 5.41) is -0.216. The third kappa shape index (κ3) is 1.52. The molecule has 1 aromatic heterocycles. The fourth-order valence-electron chi connectivity index (χ4n) is 1.47. The molecule has 2 rings (SSSR count). The van der Waals surface area contributed by atoms with Crippen molar-refractivity contribution in [2.24, 2.45) is 0 Å². The monoisotopic (exact) mass is 229 g/mol. The maximum atomic E-state index is 12.7. The van der Waals surface area contributed by atoms with Crippen LogP contribution in [0, 0.1) is 0 Å². The Hall–Kier alpha value is -1.98. The summed E-state index contributed by atoms with van der Waals surface area (Å²) in [4.78, 5) is 11.1. The minimum atomic E-state index is -4.68. The Morgan fingerprint density at radius 2 is 1.81 bits per heavy atom. The molecule has 0 fully saturated rings. The molecular weight excluding hydrogens is 223 g/mol. The van der Waals surface area contributed by atoms with E-state index in [0.717, 1.165) is 0 Å². The Morgan fingerprint density at radius 3 is 2.44 bits per heavy atom. The molecule has 16 heavy (non-hydrogen) atoms. The minimum absolute atomic E-state index is 0.131. The molecule has 0 aliphatic heterocycles. The molecule has 0 saturated carbocycles. The van der Waals surface area contributed by atoms with Crippen LogP contribution in [0.4, 0.5) is 18.9 Å². The number of hydrogen-bond donors (Lipinski definition) is 1. The van der Waals surface area contributed by atoms with Gasteiger partial charge in [0, 0.05) is 5.39 Å². The first-order valence-corrected chi connectivity index (χ1v) is 4.30. The summed E-state index contributed by atoms with van der Waals surface area (Å²) in [6, 6.07) is 5.38. The third-order valence-electron chi connectivity index (χ3n) is 2.13. The highest BCUT2D eigenvalue weighted by Crippen LogP contribution is 2.36. The van der Waals surface area contributed by atoms with Gasteiger partial charge in [-0.2, -0.15) is 13.2 Å². The number of nitrogens with two attached hydrogens (primary N) is 1. The number of nitrogen functional groups attached to an aromatic ring is 1. The summed E-state index contributed by atoms with van der Waals surface area (Å²) in [7, 11) is 0. The summed E-state index contributed by atoms with van der Waals surface area (Å²) in [5.41, 5.74) is 1.75. The zero-order valence-corrected chi connectivity index (χ0v) is 7.84. The molecule has 0 amide bonds. The number of hydrogen-bond acceptors (Lipinski definition) is 3. The first kappa shape index (κ1) is 10.5. The van der Waals surface area contributed by atoms with E-state index in [4.69, 9.17) is 5.73 Å². The minimum Gasteiger partial charge on any atom is -0.421 e. The Kier molecular flexibility index (Phi) is 2.15. The van der Waals surface area contributed by atoms with Gasteiger partial charge >= 0.3 is 11.8 Å². The second kappa shape index (κ2) is 3.26. The SMILES string of the molecule is Nc1c(C(F)(F)F)c2ccccc2oc1=O. The van der Waals surface area contributed by atoms with Crippen molar-refractivity contribution in [3.63, 3.8) is 0 Å². The fourth-order valence-corrected chi connectivity index (χ4v) is 1.47. The maximum Gasteiger partial charge on any atom is 0.419 e. The van der Waals surface area contributed by atoms with E-state index in [1.54, 1.807) is 0 Å². The van der Waals surface area contributed by atoms with Gasteiger partial charge in [0.1, 0.15) is 11.3 Å². The second-order valence-electron chi connectivity index (χ2n) is 3.17. The van der Waals surface area contributed by atoms with Crippen molar-refractivity contribution in [1.82, 2.24) is 0 Å². The predicted octanol–water partition coefficient (Wildman–Crippen LogP) is 2.39. The summed E-state index contributed by atoms with van der Waals surface area (Å²) in [5.74, 6) is 0. The quantitative estimate of drug-likeness (QED) is 0.705. The van der Waals surface area contributed by atoms with Crippen LogP contribution in [0.5, 0.6) is 0 Å². The van der Waals surface area contributed by atoms with Crippen molar-refractivity contribution in [3.05, 3.63) is 40.2 Å². The molecule has 0 saturated heterocycles. The predicted molar refractivity (Wildman–Crippen MR) is 51.9 cm³/mol. The van der Waals surface area contributed by atoms with Crippen LogP contribution in [0.15, 0.2) is 33.5 Å². The van der Waals surface area contributed by atoms with Gasteiger partial charge < -0.3 is 10.2 Å². The van der Waals surface area contributed by atoms with Crippen LogP contribution in [-0.2, 0) is 6.18 Å². The van der Waals surface area contributed by atoms with Crippen LogP contribution in [0.25, 0.3) is 11.0 Å². The summed E-state index contributed by atoms with van der Waals surface area (Å²) >= 11 is 0. The lowest BCUT2D eigenvalue weighted by atomic mass is 10.1. The highest BCUT2D eigenvalue weighted by Gasteiger charge is 2.36. The van der Waals surface area contributed by atoms with E-state index >= 15 is 0 Å². The van der Waals surface area contributed by atoms with Crippen molar-refractivity contribution < 1.29 is 17.6 Å².